The van der Waals surface area contributed by atoms with E-state index in [0.29, 0.717) is 18.2 Å². The molecular weight excluding hydrogens is 369 g/mol. The molecule has 29 heavy (non-hydrogen) atoms. The van der Waals surface area contributed by atoms with Crippen molar-refractivity contribution in [1.82, 2.24) is 15.2 Å². The fourth-order valence-electron chi connectivity index (χ4n) is 4.08. The topological polar surface area (TPSA) is 60.5 Å². The van der Waals surface area contributed by atoms with E-state index in [1.54, 1.807) is 12.1 Å². The Labute approximate surface area is 171 Å². The van der Waals surface area contributed by atoms with Gasteiger partial charge in [-0.2, -0.15) is 0 Å². The van der Waals surface area contributed by atoms with Crippen LogP contribution in [-0.4, -0.2) is 61.6 Å². The van der Waals surface area contributed by atoms with E-state index in [-0.39, 0.29) is 11.7 Å². The van der Waals surface area contributed by atoms with Crippen molar-refractivity contribution < 1.29 is 9.18 Å². The maximum Gasteiger partial charge on any atom is 0.238 e. The summed E-state index contributed by atoms with van der Waals surface area (Å²) in [5.41, 5.74) is 4.10. The zero-order valence-electron chi connectivity index (χ0n) is 16.8. The lowest BCUT2D eigenvalue weighted by molar-refractivity contribution is -0.117. The number of hydrogen-bond donors (Lipinski definition) is 2. The highest BCUT2D eigenvalue weighted by Gasteiger charge is 2.22. The summed E-state index contributed by atoms with van der Waals surface area (Å²) in [4.78, 5) is 21.6. The molecule has 1 aromatic heterocycles. The Hall–Kier alpha value is -2.51. The second kappa shape index (κ2) is 8.88. The molecule has 1 aromatic carbocycles. The molecule has 154 valence electrons. The Balaban J connectivity index is 1.31. The van der Waals surface area contributed by atoms with Gasteiger partial charge in [-0.3, -0.25) is 14.7 Å². The van der Waals surface area contributed by atoms with Crippen molar-refractivity contribution >= 4 is 17.3 Å². The van der Waals surface area contributed by atoms with Crippen LogP contribution >= 0.6 is 0 Å². The van der Waals surface area contributed by atoms with E-state index < -0.39 is 0 Å². The summed E-state index contributed by atoms with van der Waals surface area (Å²) < 4.78 is 13.0. The molecule has 1 amide bonds. The maximum absolute atomic E-state index is 13.0. The number of carbonyl (C=O) groups excluding carboxylic acids is 1. The van der Waals surface area contributed by atoms with Gasteiger partial charge in [0.05, 0.1) is 6.54 Å². The van der Waals surface area contributed by atoms with Crippen molar-refractivity contribution in [2.45, 2.75) is 19.3 Å². The van der Waals surface area contributed by atoms with E-state index in [1.807, 2.05) is 0 Å². The smallest absolute Gasteiger partial charge is 0.238 e. The molecule has 1 atom stereocenters. The molecule has 2 aliphatic heterocycles. The molecule has 3 heterocycles. The highest BCUT2D eigenvalue weighted by Crippen LogP contribution is 2.26. The molecule has 0 bridgehead atoms. The fraction of sp³-hybridized carbons (Fsp3) is 0.455. The van der Waals surface area contributed by atoms with E-state index >= 15 is 0 Å². The molecule has 2 fully saturated rings. The van der Waals surface area contributed by atoms with Crippen LogP contribution in [0.5, 0.6) is 0 Å². The summed E-state index contributed by atoms with van der Waals surface area (Å²) in [6, 6.07) is 10.2. The number of pyridine rings is 1. The van der Waals surface area contributed by atoms with Crippen molar-refractivity contribution in [1.29, 1.82) is 0 Å². The van der Waals surface area contributed by atoms with Crippen LogP contribution in [0.3, 0.4) is 0 Å². The normalized spacial score (nSPS) is 20.1. The van der Waals surface area contributed by atoms with Gasteiger partial charge < -0.3 is 15.5 Å². The Bertz CT molecular complexity index is 843. The molecule has 0 radical (unpaired) electrons. The highest BCUT2D eigenvalue weighted by atomic mass is 19.1. The second-order valence-corrected chi connectivity index (χ2v) is 7.90. The Morgan fingerprint density at radius 1 is 1.21 bits per heavy atom. The van der Waals surface area contributed by atoms with Gasteiger partial charge in [-0.05, 0) is 56.3 Å². The van der Waals surface area contributed by atoms with E-state index in [9.17, 15) is 9.18 Å². The molecule has 0 spiro atoms. The van der Waals surface area contributed by atoms with Crippen LogP contribution in [0.15, 0.2) is 36.4 Å². The first kappa shape index (κ1) is 19.8. The average Bonchev–Trinajstić information content (AvgIpc) is 3.25. The Morgan fingerprint density at radius 2 is 1.97 bits per heavy atom. The Kier molecular flexibility index (Phi) is 6.06. The van der Waals surface area contributed by atoms with Gasteiger partial charge in [0, 0.05) is 61.4 Å². The van der Waals surface area contributed by atoms with Crippen LogP contribution in [0.25, 0.3) is 0 Å². The van der Waals surface area contributed by atoms with Gasteiger partial charge in [-0.1, -0.05) is 0 Å². The van der Waals surface area contributed by atoms with Crippen molar-refractivity contribution in [3.63, 3.8) is 0 Å². The van der Waals surface area contributed by atoms with Crippen molar-refractivity contribution in [2.75, 3.05) is 56.0 Å². The van der Waals surface area contributed by atoms with Crippen LogP contribution in [0, 0.1) is 12.7 Å². The fourth-order valence-corrected chi connectivity index (χ4v) is 4.08. The lowest BCUT2D eigenvalue weighted by atomic mass is 10.0. The quantitative estimate of drug-likeness (QED) is 0.811. The first-order valence-corrected chi connectivity index (χ1v) is 10.3. The summed E-state index contributed by atoms with van der Waals surface area (Å²) >= 11 is 0. The predicted molar refractivity (Wildman–Crippen MR) is 113 cm³/mol. The van der Waals surface area contributed by atoms with Gasteiger partial charge in [-0.25, -0.2) is 4.39 Å². The molecular formula is C22H28FN5O. The maximum atomic E-state index is 13.0. The van der Waals surface area contributed by atoms with E-state index in [2.05, 4.69) is 39.5 Å². The third-order valence-electron chi connectivity index (χ3n) is 5.67. The van der Waals surface area contributed by atoms with E-state index in [0.717, 1.165) is 51.4 Å². The van der Waals surface area contributed by atoms with Crippen LogP contribution < -0.4 is 15.5 Å². The number of piperazine rings is 1. The number of halogens is 1. The van der Waals surface area contributed by atoms with Gasteiger partial charge in [0.25, 0.3) is 0 Å². The number of benzene rings is 1. The van der Waals surface area contributed by atoms with Crippen LogP contribution in [0.2, 0.25) is 0 Å². The molecule has 6 nitrogen and oxygen atoms in total. The van der Waals surface area contributed by atoms with Gasteiger partial charge in [0.1, 0.15) is 5.82 Å². The van der Waals surface area contributed by atoms with E-state index in [4.69, 9.17) is 4.98 Å². The number of nitrogens with one attached hydrogen (secondary N) is 2. The molecule has 2 aromatic rings. The molecule has 2 aliphatic rings. The number of carbonyl (C=O) groups is 1. The molecule has 4 rings (SSSR count). The highest BCUT2D eigenvalue weighted by molar-refractivity contribution is 5.92. The minimum atomic E-state index is -0.308. The van der Waals surface area contributed by atoms with Gasteiger partial charge in [0.15, 0.2) is 0 Å². The molecule has 0 unspecified atom stereocenters. The Morgan fingerprint density at radius 3 is 2.66 bits per heavy atom. The first-order chi connectivity index (χ1) is 14.1. The van der Waals surface area contributed by atoms with Crippen LogP contribution in [0.4, 0.5) is 15.8 Å². The van der Waals surface area contributed by atoms with Gasteiger partial charge in [0.2, 0.25) is 5.91 Å². The number of aromatic nitrogens is 1. The average molecular weight is 397 g/mol. The summed E-state index contributed by atoms with van der Waals surface area (Å²) in [5.74, 6) is 0.128. The minimum absolute atomic E-state index is 0.0687. The third kappa shape index (κ3) is 5.10. The largest absolute Gasteiger partial charge is 0.369 e. The van der Waals surface area contributed by atoms with Gasteiger partial charge in [-0.15, -0.1) is 0 Å². The van der Waals surface area contributed by atoms with Crippen molar-refractivity contribution in [3.05, 3.63) is 53.6 Å². The lowest BCUT2D eigenvalue weighted by Gasteiger charge is -2.36. The number of rotatable bonds is 5. The van der Waals surface area contributed by atoms with Crippen molar-refractivity contribution in [3.8, 4) is 0 Å². The number of hydrogen-bond acceptors (Lipinski definition) is 5. The monoisotopic (exact) mass is 397 g/mol. The standard InChI is InChI=1S/C22H28FN5O/c1-16-12-20(13-21(25-16)17-6-7-24-14-17)28-10-8-27(9-11-28)15-22(29)26-19-4-2-18(23)3-5-19/h2-5,12-13,17,24H,6-11,14-15H2,1H3,(H,26,29)/t17-/m1/s1. The summed E-state index contributed by atoms with van der Waals surface area (Å²) in [6.07, 6.45) is 1.15. The molecule has 7 heteroatoms. The number of amides is 1. The summed E-state index contributed by atoms with van der Waals surface area (Å²) in [7, 11) is 0. The third-order valence-corrected chi connectivity index (χ3v) is 5.67. The number of nitrogens with zero attached hydrogens (tertiary/aromatic N) is 3. The second-order valence-electron chi connectivity index (χ2n) is 7.90. The first-order valence-electron chi connectivity index (χ1n) is 10.3. The molecule has 2 N–H and O–H groups in total. The van der Waals surface area contributed by atoms with E-state index in [1.165, 1.54) is 23.5 Å². The van der Waals surface area contributed by atoms with Gasteiger partial charge >= 0.3 is 0 Å². The zero-order valence-corrected chi connectivity index (χ0v) is 16.8. The zero-order chi connectivity index (χ0) is 20.2. The lowest BCUT2D eigenvalue weighted by Crippen LogP contribution is -2.48. The van der Waals surface area contributed by atoms with Crippen LogP contribution in [0.1, 0.15) is 23.7 Å². The minimum Gasteiger partial charge on any atom is -0.369 e. The molecule has 2 saturated heterocycles. The van der Waals surface area contributed by atoms with Crippen molar-refractivity contribution in [2.24, 2.45) is 0 Å². The number of anilines is 2. The summed E-state index contributed by atoms with van der Waals surface area (Å²) in [5, 5.41) is 6.25. The van der Waals surface area contributed by atoms with Crippen LogP contribution in [-0.2, 0) is 4.79 Å². The predicted octanol–water partition coefficient (Wildman–Crippen LogP) is 2.37. The summed E-state index contributed by atoms with van der Waals surface area (Å²) in [6.45, 7) is 7.91. The molecule has 0 aliphatic carbocycles. The SMILES string of the molecule is Cc1cc(N2CCN(CC(=O)Nc3ccc(F)cc3)CC2)cc([C@@H]2CCNC2)n1. The molecule has 0 saturated carbocycles. The number of aryl methyl sites for hydroxylation is 1.